The Labute approximate surface area is 187 Å². The van der Waals surface area contributed by atoms with Gasteiger partial charge in [0.15, 0.2) is 0 Å². The molecule has 3 N–H and O–H groups in total. The Balaban J connectivity index is 1.68. The van der Waals surface area contributed by atoms with E-state index >= 15 is 0 Å². The van der Waals surface area contributed by atoms with Gasteiger partial charge >= 0.3 is 0 Å². The van der Waals surface area contributed by atoms with Crippen LogP contribution in [0.15, 0.2) is 61.7 Å². The zero-order chi connectivity index (χ0) is 22.5. The lowest BCUT2D eigenvalue weighted by atomic mass is 10.1. The highest BCUT2D eigenvalue weighted by molar-refractivity contribution is 5.89. The maximum atomic E-state index is 4.56. The fourth-order valence-corrected chi connectivity index (χ4v) is 3.62. The summed E-state index contributed by atoms with van der Waals surface area (Å²) in [5.41, 5.74) is 6.26. The van der Waals surface area contributed by atoms with Crippen LogP contribution < -0.4 is 15.9 Å². The van der Waals surface area contributed by atoms with E-state index in [1.165, 1.54) is 0 Å². The van der Waals surface area contributed by atoms with Gasteiger partial charge in [-0.1, -0.05) is 32.6 Å². The fourth-order valence-electron chi connectivity index (χ4n) is 3.62. The number of aromatic nitrogens is 5. The van der Waals surface area contributed by atoms with E-state index < -0.39 is 0 Å². The van der Waals surface area contributed by atoms with E-state index in [2.05, 4.69) is 56.6 Å². The number of allylic oxidation sites excluding steroid dienone is 2. The minimum Gasteiger partial charge on any atom is -0.358 e. The molecule has 0 aliphatic carbocycles. The molecule has 162 valence electrons. The molecule has 0 spiro atoms. The molecule has 0 aliphatic heterocycles. The summed E-state index contributed by atoms with van der Waals surface area (Å²) in [5, 5.41) is 14.0. The molecule has 4 aromatic rings. The number of hydrogen-bond acceptors (Lipinski definition) is 4. The predicted octanol–water partition coefficient (Wildman–Crippen LogP) is 4.76. The third-order valence-corrected chi connectivity index (χ3v) is 5.35. The van der Waals surface area contributed by atoms with Crippen LogP contribution in [-0.4, -0.2) is 25.1 Å². The summed E-state index contributed by atoms with van der Waals surface area (Å²) < 4.78 is 0. The first-order valence-electron chi connectivity index (χ1n) is 10.8. The average molecular weight is 425 g/mol. The number of hydrogen-bond donors (Lipinski definition) is 3. The summed E-state index contributed by atoms with van der Waals surface area (Å²) in [5.74, 6) is 0. The second kappa shape index (κ2) is 9.47. The zero-order valence-electron chi connectivity index (χ0n) is 18.6. The third-order valence-electron chi connectivity index (χ3n) is 5.35. The smallest absolute Gasteiger partial charge is 0.137 e. The van der Waals surface area contributed by atoms with Crippen LogP contribution in [0.25, 0.3) is 40.1 Å². The number of nitrogens with one attached hydrogen (secondary N) is 3. The molecule has 0 saturated carbocycles. The number of fused-ring (bicyclic) bond motifs is 1. The number of anilines is 1. The van der Waals surface area contributed by atoms with Crippen LogP contribution in [0.4, 0.5) is 5.69 Å². The lowest BCUT2D eigenvalue weighted by Gasteiger charge is -2.10. The normalized spacial score (nSPS) is 12.4. The third kappa shape index (κ3) is 4.54. The quantitative estimate of drug-likeness (QED) is 0.381. The average Bonchev–Trinajstić information content (AvgIpc) is 3.41. The molecule has 0 radical (unpaired) electrons. The molecule has 6 nitrogen and oxygen atoms in total. The largest absolute Gasteiger partial charge is 0.358 e. The van der Waals surface area contributed by atoms with Gasteiger partial charge in [0.1, 0.15) is 11.3 Å². The van der Waals surface area contributed by atoms with Crippen molar-refractivity contribution in [3.8, 4) is 11.4 Å². The summed E-state index contributed by atoms with van der Waals surface area (Å²) in [7, 11) is 0. The van der Waals surface area contributed by atoms with Crippen molar-refractivity contribution in [2.24, 2.45) is 0 Å². The highest BCUT2D eigenvalue weighted by Gasteiger charge is 2.10. The zero-order valence-corrected chi connectivity index (χ0v) is 18.6. The highest BCUT2D eigenvalue weighted by Crippen LogP contribution is 2.21. The van der Waals surface area contributed by atoms with Crippen molar-refractivity contribution < 1.29 is 0 Å². The van der Waals surface area contributed by atoms with Crippen LogP contribution in [0.1, 0.15) is 38.7 Å². The Hall–Kier alpha value is -3.93. The van der Waals surface area contributed by atoms with Gasteiger partial charge in [-0.2, -0.15) is 5.10 Å². The van der Waals surface area contributed by atoms with Crippen LogP contribution in [0.5, 0.6) is 0 Å². The number of unbranched alkanes of at least 4 members (excludes halogenated alkanes) is 1. The number of H-pyrrole nitrogens is 2. The van der Waals surface area contributed by atoms with Crippen molar-refractivity contribution in [2.45, 2.75) is 33.1 Å². The number of aromatic amines is 2. The summed E-state index contributed by atoms with van der Waals surface area (Å²) in [6, 6.07) is 8.06. The van der Waals surface area contributed by atoms with Crippen molar-refractivity contribution >= 4 is 34.4 Å². The number of rotatable bonds is 8. The molecular formula is C26H28N6. The maximum Gasteiger partial charge on any atom is 0.137 e. The standard InChI is InChI=1S/C26H28N6/c1-5-7-9-18(4)29-21-13-20(15-27-16-21)17(3)12-22-23(6-2)31-32-25(22)24-14-19-10-8-11-28-26(19)30-24/h6,8,10-16,29,31H,3-5,7,9H2,1-2H3,(H,28,30)/b22-12+,23-6+. The lowest BCUT2D eigenvalue weighted by Crippen LogP contribution is -2.23. The predicted molar refractivity (Wildman–Crippen MR) is 133 cm³/mol. The molecule has 0 unspecified atom stereocenters. The molecule has 0 aliphatic rings. The van der Waals surface area contributed by atoms with Crippen molar-refractivity contribution in [1.29, 1.82) is 0 Å². The molecule has 4 heterocycles. The van der Waals surface area contributed by atoms with E-state index in [9.17, 15) is 0 Å². The second-order valence-electron chi connectivity index (χ2n) is 7.78. The van der Waals surface area contributed by atoms with Crippen molar-refractivity contribution in [3.05, 3.63) is 77.8 Å². The van der Waals surface area contributed by atoms with Gasteiger partial charge in [-0.05, 0) is 55.7 Å². The summed E-state index contributed by atoms with van der Waals surface area (Å²) >= 11 is 0. The van der Waals surface area contributed by atoms with Gasteiger partial charge in [0.05, 0.1) is 22.9 Å². The molecule has 0 atom stereocenters. The van der Waals surface area contributed by atoms with Crippen LogP contribution in [0.3, 0.4) is 0 Å². The van der Waals surface area contributed by atoms with E-state index in [1.54, 1.807) is 12.4 Å². The molecule has 0 saturated heterocycles. The van der Waals surface area contributed by atoms with Gasteiger partial charge in [-0.25, -0.2) is 4.98 Å². The minimum absolute atomic E-state index is 0.826. The fraction of sp³-hybridized carbons (Fsp3) is 0.192. The topological polar surface area (TPSA) is 82.3 Å². The van der Waals surface area contributed by atoms with E-state index in [-0.39, 0.29) is 0 Å². The van der Waals surface area contributed by atoms with Gasteiger partial charge in [0.2, 0.25) is 0 Å². The molecule has 32 heavy (non-hydrogen) atoms. The first kappa shape index (κ1) is 21.3. The van der Waals surface area contributed by atoms with E-state index in [1.807, 2.05) is 43.5 Å². The summed E-state index contributed by atoms with van der Waals surface area (Å²) in [4.78, 5) is 12.1. The Morgan fingerprint density at radius 1 is 1.22 bits per heavy atom. The maximum absolute atomic E-state index is 4.56. The van der Waals surface area contributed by atoms with Crippen LogP contribution in [0.2, 0.25) is 0 Å². The molecule has 0 aromatic carbocycles. The molecule has 4 aromatic heterocycles. The summed E-state index contributed by atoms with van der Waals surface area (Å²) in [6.45, 7) is 12.6. The Morgan fingerprint density at radius 3 is 2.88 bits per heavy atom. The Morgan fingerprint density at radius 2 is 2.09 bits per heavy atom. The Kier molecular flexibility index (Phi) is 6.31. The molecule has 0 amide bonds. The van der Waals surface area contributed by atoms with Gasteiger partial charge in [-0.3, -0.25) is 10.1 Å². The molecular weight excluding hydrogens is 396 g/mol. The highest BCUT2D eigenvalue weighted by atomic mass is 15.1. The monoisotopic (exact) mass is 424 g/mol. The first-order valence-corrected chi connectivity index (χ1v) is 10.8. The first-order chi connectivity index (χ1) is 15.6. The van der Waals surface area contributed by atoms with E-state index in [4.69, 9.17) is 0 Å². The molecule has 6 heteroatoms. The van der Waals surface area contributed by atoms with E-state index in [0.29, 0.717) is 0 Å². The van der Waals surface area contributed by atoms with Gasteiger partial charge in [0.25, 0.3) is 0 Å². The van der Waals surface area contributed by atoms with Gasteiger partial charge in [-0.15, -0.1) is 0 Å². The van der Waals surface area contributed by atoms with E-state index in [0.717, 1.165) is 74.8 Å². The van der Waals surface area contributed by atoms with Crippen molar-refractivity contribution in [2.75, 3.05) is 5.32 Å². The minimum atomic E-state index is 0.826. The second-order valence-corrected chi connectivity index (χ2v) is 7.78. The Bertz CT molecular complexity index is 1360. The number of nitrogens with zero attached hydrogens (tertiary/aromatic N) is 3. The lowest BCUT2D eigenvalue weighted by molar-refractivity contribution is 0.791. The van der Waals surface area contributed by atoms with Crippen molar-refractivity contribution in [3.63, 3.8) is 0 Å². The number of pyridine rings is 2. The molecule has 0 fully saturated rings. The van der Waals surface area contributed by atoms with Crippen LogP contribution in [-0.2, 0) is 0 Å². The molecule has 0 bridgehead atoms. The van der Waals surface area contributed by atoms with Gasteiger partial charge in [0, 0.05) is 34.3 Å². The SMILES string of the molecule is C=C(CCCC)Nc1cncc(C(=C)/C=c2/c(-c3cc4cccnc4[nH]3)n[nH]/c2=C/C)c1. The van der Waals surface area contributed by atoms with Crippen molar-refractivity contribution in [1.82, 2.24) is 25.1 Å². The van der Waals surface area contributed by atoms with Gasteiger partial charge < -0.3 is 10.3 Å². The summed E-state index contributed by atoms with van der Waals surface area (Å²) in [6.07, 6.45) is 12.6. The molecule has 4 rings (SSSR count). The van der Waals surface area contributed by atoms with Crippen LogP contribution in [0, 0.1) is 0 Å². The van der Waals surface area contributed by atoms with Crippen LogP contribution >= 0.6 is 0 Å².